The third-order valence-corrected chi connectivity index (χ3v) is 4.37. The standard InChI is InChI=1S/C8H8N2.C7H10N2.B11/c1-6-2-3-7-8(4-6)10-5-9-7;1-5-2-3-6(8)7(9)4-5;1-7-10(6)11(8(2)3)9(4)5/h2-5H,1H3,(H,9,10);2-4H,8-9H2,1H3;. The first-order valence-electron chi connectivity index (χ1n) is 9.41. The van der Waals surface area contributed by atoms with Crippen molar-refractivity contribution in [1.29, 1.82) is 0 Å². The molecule has 0 aliphatic heterocycles. The number of imidazole rings is 1. The minimum Gasteiger partial charge on any atom is -0.397 e. The van der Waals surface area contributed by atoms with Crippen LogP contribution in [0.2, 0.25) is 0 Å². The third-order valence-electron chi connectivity index (χ3n) is 4.37. The van der Waals surface area contributed by atoms with Gasteiger partial charge in [-0.2, -0.15) is 0 Å². The number of hydrogen-bond donors (Lipinski definition) is 3. The van der Waals surface area contributed by atoms with Gasteiger partial charge in [0.25, 0.3) is 0 Å². The van der Waals surface area contributed by atoms with Gasteiger partial charge in [-0.1, -0.05) is 12.1 Å². The summed E-state index contributed by atoms with van der Waals surface area (Å²) in [5.41, 5.74) is 16.8. The Labute approximate surface area is 190 Å². The van der Waals surface area contributed by atoms with Crippen molar-refractivity contribution in [1.82, 2.24) is 9.97 Å². The molecule has 15 heteroatoms. The van der Waals surface area contributed by atoms with Gasteiger partial charge in [0.1, 0.15) is 0 Å². The number of nitrogen functional groups attached to an aromatic ring is 2. The number of H-pyrrole nitrogens is 1. The van der Waals surface area contributed by atoms with E-state index >= 15 is 0 Å². The molecule has 4 nitrogen and oxygen atoms in total. The zero-order chi connectivity index (χ0) is 22.8. The van der Waals surface area contributed by atoms with Crippen molar-refractivity contribution in [3.05, 3.63) is 53.9 Å². The molecule has 1 heterocycles. The van der Waals surface area contributed by atoms with E-state index in [2.05, 4.69) is 29.0 Å². The summed E-state index contributed by atoms with van der Waals surface area (Å²) in [7, 11) is 33.5. The van der Waals surface area contributed by atoms with Crippen LogP contribution in [0.1, 0.15) is 11.1 Å². The Bertz CT molecular complexity index is 897. The second kappa shape index (κ2) is 12.8. The number of nitrogens with one attached hydrogen (secondary N) is 1. The number of fused-ring (bicyclic) bond motifs is 1. The summed E-state index contributed by atoms with van der Waals surface area (Å²) in [6, 6.07) is 11.8. The van der Waals surface area contributed by atoms with Crippen molar-refractivity contribution in [2.45, 2.75) is 13.8 Å². The van der Waals surface area contributed by atoms with Gasteiger partial charge >= 0.3 is 0 Å². The van der Waals surface area contributed by atoms with Crippen molar-refractivity contribution in [3.8, 4) is 0 Å². The van der Waals surface area contributed by atoms with Gasteiger partial charge in [-0.3, -0.25) is 0 Å². The van der Waals surface area contributed by atoms with Crippen LogP contribution in [-0.2, 0) is 0 Å². The summed E-state index contributed by atoms with van der Waals surface area (Å²) in [4.78, 5) is 7.15. The van der Waals surface area contributed by atoms with Gasteiger partial charge in [-0.25, -0.2) is 4.98 Å². The minimum absolute atomic E-state index is 0.389. The van der Waals surface area contributed by atoms with E-state index in [1.54, 1.807) is 6.33 Å². The normalized spacial score (nSPS) is 9.40. The summed E-state index contributed by atoms with van der Waals surface area (Å²) >= 11 is 0. The Hall–Kier alpha value is -1.78. The lowest BCUT2D eigenvalue weighted by atomic mass is 8.56. The monoisotopic (exact) mass is 375 g/mol. The summed E-state index contributed by atoms with van der Waals surface area (Å²) < 4.78 is 0. The van der Waals surface area contributed by atoms with Gasteiger partial charge in [0.15, 0.2) is 0 Å². The molecule has 0 atom stereocenters. The largest absolute Gasteiger partial charge is 0.397 e. The Morgan fingerprint density at radius 2 is 1.43 bits per heavy atom. The number of aryl methyl sites for hydroxylation is 2. The van der Waals surface area contributed by atoms with E-state index in [1.807, 2.05) is 31.2 Å². The summed E-state index contributed by atoms with van der Waals surface area (Å²) in [5, 5.41) is 0. The lowest BCUT2D eigenvalue weighted by Gasteiger charge is -2.25. The van der Waals surface area contributed by atoms with Crippen molar-refractivity contribution in [2.75, 3.05) is 11.5 Å². The van der Waals surface area contributed by atoms with Crippen molar-refractivity contribution in [2.24, 2.45) is 0 Å². The highest BCUT2D eigenvalue weighted by atomic mass is 14.9. The van der Waals surface area contributed by atoms with E-state index in [0.29, 0.717) is 11.4 Å². The molecular formula is C15H18B11N4. The predicted octanol–water partition coefficient (Wildman–Crippen LogP) is -1.16. The van der Waals surface area contributed by atoms with Crippen molar-refractivity contribution in [3.63, 3.8) is 0 Å². The molecule has 1 aromatic heterocycles. The summed E-state index contributed by atoms with van der Waals surface area (Å²) in [5.74, 6) is 0. The fourth-order valence-corrected chi connectivity index (χ4v) is 2.64. The second-order valence-corrected chi connectivity index (χ2v) is 7.06. The van der Waals surface area contributed by atoms with Gasteiger partial charge < -0.3 is 16.5 Å². The van der Waals surface area contributed by atoms with E-state index in [0.717, 1.165) is 16.6 Å². The number of rotatable bonds is 4. The molecule has 3 aromatic rings. The quantitative estimate of drug-likeness (QED) is 0.399. The second-order valence-electron chi connectivity index (χ2n) is 7.06. The SMILES string of the molecule is Cc1ccc(N)c(N)c1.Cc1ccc2nc[nH]c2c1.[B][B]B([B])B(B([B])[B])B([B])[B]. The van der Waals surface area contributed by atoms with E-state index in [1.165, 1.54) is 12.6 Å². The van der Waals surface area contributed by atoms with Crippen LogP contribution < -0.4 is 11.5 Å². The van der Waals surface area contributed by atoms with Crippen LogP contribution >= 0.6 is 0 Å². The smallest absolute Gasteiger partial charge is 0.0931 e. The molecule has 3 rings (SSSR count). The highest BCUT2D eigenvalue weighted by Gasteiger charge is 2.26. The summed E-state index contributed by atoms with van der Waals surface area (Å²) in [6.07, 6.45) is -0.436. The Balaban J connectivity index is 0.000000226. The minimum atomic E-state index is -0.648. The molecule has 0 spiro atoms. The maximum atomic E-state index is 5.52. The molecule has 30 heavy (non-hydrogen) atoms. The molecule has 0 unspecified atom stereocenters. The van der Waals surface area contributed by atoms with Gasteiger partial charge in [-0.15, -0.1) is 0 Å². The number of nitrogens with two attached hydrogens (primary N) is 2. The van der Waals surface area contributed by atoms with Crippen LogP contribution in [0, 0.1) is 13.8 Å². The Morgan fingerprint density at radius 3 is 1.90 bits per heavy atom. The molecule has 0 fully saturated rings. The zero-order valence-electron chi connectivity index (χ0n) is 17.5. The lowest BCUT2D eigenvalue weighted by molar-refractivity contribution is 1.34. The number of benzene rings is 2. The van der Waals surface area contributed by atoms with Gasteiger partial charge in [0, 0.05) is 79.0 Å². The average molecular weight is 373 g/mol. The number of aromatic nitrogens is 2. The molecule has 0 aliphatic carbocycles. The van der Waals surface area contributed by atoms with Crippen molar-refractivity contribution >= 4 is 101 Å². The maximum absolute atomic E-state index is 5.52. The Morgan fingerprint density at radius 1 is 0.867 bits per heavy atom. The van der Waals surface area contributed by atoms with E-state index in [9.17, 15) is 0 Å². The molecular weight excluding hydrogens is 355 g/mol. The lowest BCUT2D eigenvalue weighted by Crippen LogP contribution is -2.63. The predicted molar refractivity (Wildman–Crippen MR) is 144 cm³/mol. The molecule has 0 bridgehead atoms. The number of hydrogen-bond acceptors (Lipinski definition) is 3. The van der Waals surface area contributed by atoms with Crippen LogP contribution in [0.3, 0.4) is 0 Å². The number of nitrogens with zero attached hydrogens (tertiary/aromatic N) is 1. The highest BCUT2D eigenvalue weighted by Crippen LogP contribution is 2.14. The first-order chi connectivity index (χ1) is 14.1. The molecule has 2 aromatic carbocycles. The van der Waals surface area contributed by atoms with Gasteiger partial charge in [-0.05, 0) is 49.2 Å². The molecule has 0 saturated carbocycles. The topological polar surface area (TPSA) is 80.7 Å². The molecule has 131 valence electrons. The molecule has 0 amide bonds. The van der Waals surface area contributed by atoms with Crippen LogP contribution in [-0.4, -0.2) is 89.0 Å². The molecule has 13 radical (unpaired) electrons. The first kappa shape index (κ1) is 26.3. The fourth-order valence-electron chi connectivity index (χ4n) is 2.64. The van der Waals surface area contributed by atoms with Crippen LogP contribution in [0.25, 0.3) is 11.0 Å². The number of aromatic amines is 1. The third kappa shape index (κ3) is 8.53. The fraction of sp³-hybridized carbons (Fsp3) is 0.133. The van der Waals surface area contributed by atoms with Gasteiger partial charge in [0.2, 0.25) is 0 Å². The van der Waals surface area contributed by atoms with Crippen LogP contribution in [0.4, 0.5) is 11.4 Å². The van der Waals surface area contributed by atoms with E-state index < -0.39 is 19.2 Å². The van der Waals surface area contributed by atoms with E-state index in [4.69, 9.17) is 57.9 Å². The Kier molecular flexibility index (Phi) is 11.2. The average Bonchev–Trinajstić information content (AvgIpc) is 3.13. The van der Waals surface area contributed by atoms with Crippen LogP contribution in [0.5, 0.6) is 0 Å². The molecule has 0 aliphatic rings. The van der Waals surface area contributed by atoms with Crippen molar-refractivity contribution < 1.29 is 0 Å². The number of anilines is 2. The summed E-state index contributed by atoms with van der Waals surface area (Å²) in [6.45, 7) is 4.05. The zero-order valence-corrected chi connectivity index (χ0v) is 17.5. The van der Waals surface area contributed by atoms with Gasteiger partial charge in [0.05, 0.1) is 28.7 Å². The highest BCUT2D eigenvalue weighted by molar-refractivity contribution is 8.01. The molecule has 0 saturated heterocycles. The maximum Gasteiger partial charge on any atom is 0.0931 e. The first-order valence-corrected chi connectivity index (χ1v) is 9.41. The van der Waals surface area contributed by atoms with E-state index in [-0.39, 0.29) is 6.39 Å². The molecule has 5 N–H and O–H groups in total. The van der Waals surface area contributed by atoms with Crippen LogP contribution in [0.15, 0.2) is 42.7 Å².